The molecule has 2 N–H and O–H groups in total. The van der Waals surface area contributed by atoms with Crippen LogP contribution in [0.15, 0.2) is 50.8 Å². The van der Waals surface area contributed by atoms with E-state index < -0.39 is 10.0 Å². The van der Waals surface area contributed by atoms with Gasteiger partial charge in [0.25, 0.3) is 0 Å². The maximum absolute atomic E-state index is 12.2. The largest absolute Gasteiger partial charge is 0.459 e. The number of nitrogens with one attached hydrogen (secondary N) is 2. The highest BCUT2D eigenvalue weighted by Gasteiger charge is 2.14. The molecular formula is C16H18ClN3O4S. The second kappa shape index (κ2) is 8.28. The minimum absolute atomic E-state index is 0.0167. The zero-order valence-corrected chi connectivity index (χ0v) is 15.3. The third kappa shape index (κ3) is 5.70. The first-order chi connectivity index (χ1) is 11.8. The van der Waals surface area contributed by atoms with E-state index in [0.717, 1.165) is 0 Å². The molecule has 2 aromatic rings. The molecule has 9 heteroatoms. The maximum atomic E-state index is 12.2. The van der Waals surface area contributed by atoms with E-state index in [1.165, 1.54) is 30.5 Å². The molecule has 1 aromatic carbocycles. The van der Waals surface area contributed by atoms with Crippen LogP contribution < -0.4 is 10.1 Å². The van der Waals surface area contributed by atoms with Crippen molar-refractivity contribution in [1.29, 1.82) is 0 Å². The van der Waals surface area contributed by atoms with Gasteiger partial charge in [0.15, 0.2) is 0 Å². The standard InChI is InChI=1S/C16H18ClN3O4S/c1-11(2)16(21)20-18-9-13-5-6-14(24-13)10-19-25(22,23)15-7-3-12(17)4-8-15/h3-9,11,19H,10H2,1-2H3,(H,20,21)/b18-9-. The minimum atomic E-state index is -3.66. The normalized spacial score (nSPS) is 12.0. The van der Waals surface area contributed by atoms with Gasteiger partial charge >= 0.3 is 0 Å². The molecule has 0 radical (unpaired) electrons. The third-order valence-electron chi connectivity index (χ3n) is 3.13. The third-order valence-corrected chi connectivity index (χ3v) is 4.80. The molecule has 0 aliphatic carbocycles. The monoisotopic (exact) mass is 383 g/mol. The molecule has 0 fully saturated rings. The zero-order valence-electron chi connectivity index (χ0n) is 13.7. The van der Waals surface area contributed by atoms with Crippen LogP contribution in [0.3, 0.4) is 0 Å². The number of carbonyl (C=O) groups is 1. The number of hydrogen-bond acceptors (Lipinski definition) is 5. The number of hydrogen-bond donors (Lipinski definition) is 2. The first-order valence-electron chi connectivity index (χ1n) is 7.45. The van der Waals surface area contributed by atoms with Crippen LogP contribution >= 0.6 is 11.6 Å². The smallest absolute Gasteiger partial charge is 0.242 e. The van der Waals surface area contributed by atoms with Crippen LogP contribution in [-0.2, 0) is 21.4 Å². The lowest BCUT2D eigenvalue weighted by Crippen LogP contribution is -2.23. The fraction of sp³-hybridized carbons (Fsp3) is 0.250. The molecule has 0 aliphatic rings. The Morgan fingerprint density at radius 3 is 2.56 bits per heavy atom. The highest BCUT2D eigenvalue weighted by atomic mass is 35.5. The van der Waals surface area contributed by atoms with E-state index in [1.54, 1.807) is 26.0 Å². The average molecular weight is 384 g/mol. The average Bonchev–Trinajstić information content (AvgIpc) is 3.01. The number of carbonyl (C=O) groups excluding carboxylic acids is 1. The van der Waals surface area contributed by atoms with Gasteiger partial charge in [-0.1, -0.05) is 25.4 Å². The fourth-order valence-electron chi connectivity index (χ4n) is 1.71. The topological polar surface area (TPSA) is 101 Å². The van der Waals surface area contributed by atoms with Crippen molar-refractivity contribution >= 4 is 33.7 Å². The van der Waals surface area contributed by atoms with Gasteiger partial charge in [-0.05, 0) is 36.4 Å². The Bertz CT molecular complexity index is 858. The van der Waals surface area contributed by atoms with E-state index in [2.05, 4.69) is 15.2 Å². The zero-order chi connectivity index (χ0) is 18.4. The molecule has 134 valence electrons. The van der Waals surface area contributed by atoms with Crippen molar-refractivity contribution in [3.8, 4) is 0 Å². The molecule has 1 amide bonds. The van der Waals surface area contributed by atoms with Gasteiger partial charge in [0.1, 0.15) is 11.5 Å². The Labute approximate surface area is 151 Å². The molecule has 1 aromatic heterocycles. The summed E-state index contributed by atoms with van der Waals surface area (Å²) in [5, 5.41) is 4.23. The maximum Gasteiger partial charge on any atom is 0.242 e. The minimum Gasteiger partial charge on any atom is -0.459 e. The van der Waals surface area contributed by atoms with E-state index in [-0.39, 0.29) is 23.3 Å². The molecule has 1 heterocycles. The van der Waals surface area contributed by atoms with E-state index >= 15 is 0 Å². The number of rotatable bonds is 7. The Kier molecular flexibility index (Phi) is 6.35. The van der Waals surface area contributed by atoms with Gasteiger partial charge in [0.05, 0.1) is 17.7 Å². The van der Waals surface area contributed by atoms with Crippen molar-refractivity contribution in [3.05, 3.63) is 52.9 Å². The predicted molar refractivity (Wildman–Crippen MR) is 94.8 cm³/mol. The summed E-state index contributed by atoms with van der Waals surface area (Å²) in [5.74, 6) is 0.421. The molecule has 0 unspecified atom stereocenters. The molecule has 0 atom stereocenters. The summed E-state index contributed by atoms with van der Waals surface area (Å²) in [7, 11) is -3.66. The molecule has 7 nitrogen and oxygen atoms in total. The molecule has 0 spiro atoms. The van der Waals surface area contributed by atoms with Gasteiger partial charge in [-0.3, -0.25) is 4.79 Å². The van der Waals surface area contributed by atoms with Crippen molar-refractivity contribution in [3.63, 3.8) is 0 Å². The second-order valence-electron chi connectivity index (χ2n) is 5.47. The number of hydrazone groups is 1. The lowest BCUT2D eigenvalue weighted by Gasteiger charge is -2.05. The summed E-state index contributed by atoms with van der Waals surface area (Å²) < 4.78 is 32.2. The van der Waals surface area contributed by atoms with Gasteiger partial charge in [-0.25, -0.2) is 18.6 Å². The highest BCUT2D eigenvalue weighted by molar-refractivity contribution is 7.89. The van der Waals surface area contributed by atoms with Crippen molar-refractivity contribution in [2.75, 3.05) is 0 Å². The highest BCUT2D eigenvalue weighted by Crippen LogP contribution is 2.14. The van der Waals surface area contributed by atoms with E-state index in [0.29, 0.717) is 16.5 Å². The van der Waals surface area contributed by atoms with Gasteiger partial charge < -0.3 is 4.42 Å². The molecule has 0 saturated heterocycles. The number of sulfonamides is 1. The molecule has 0 aliphatic heterocycles. The van der Waals surface area contributed by atoms with E-state index in [1.807, 2.05) is 0 Å². The van der Waals surface area contributed by atoms with Crippen LogP contribution in [0.1, 0.15) is 25.4 Å². The van der Waals surface area contributed by atoms with Crippen LogP contribution in [0, 0.1) is 5.92 Å². The second-order valence-corrected chi connectivity index (χ2v) is 7.67. The van der Waals surface area contributed by atoms with Crippen molar-refractivity contribution in [2.45, 2.75) is 25.3 Å². The number of benzene rings is 1. The van der Waals surface area contributed by atoms with Crippen molar-refractivity contribution in [2.24, 2.45) is 11.0 Å². The summed E-state index contributed by atoms with van der Waals surface area (Å²) in [6, 6.07) is 9.09. The number of nitrogens with zero attached hydrogens (tertiary/aromatic N) is 1. The molecule has 0 saturated carbocycles. The first-order valence-corrected chi connectivity index (χ1v) is 9.31. The SMILES string of the molecule is CC(C)C(=O)N/N=C\c1ccc(CNS(=O)(=O)c2ccc(Cl)cc2)o1. The number of amides is 1. The van der Waals surface area contributed by atoms with Gasteiger partial charge in [-0.15, -0.1) is 0 Å². The lowest BCUT2D eigenvalue weighted by atomic mass is 10.2. The molecule has 0 bridgehead atoms. The van der Waals surface area contributed by atoms with Crippen LogP contribution in [0.5, 0.6) is 0 Å². The van der Waals surface area contributed by atoms with Gasteiger partial charge in [0.2, 0.25) is 15.9 Å². The van der Waals surface area contributed by atoms with E-state index in [9.17, 15) is 13.2 Å². The Hall–Kier alpha value is -2.16. The number of halogens is 1. The fourth-order valence-corrected chi connectivity index (χ4v) is 2.83. The number of furan rings is 1. The summed E-state index contributed by atoms with van der Waals surface area (Å²) in [6.07, 6.45) is 1.34. The Balaban J connectivity index is 1.94. The van der Waals surface area contributed by atoms with E-state index in [4.69, 9.17) is 16.0 Å². The molecular weight excluding hydrogens is 366 g/mol. The van der Waals surface area contributed by atoms with Crippen LogP contribution in [0.25, 0.3) is 0 Å². The Morgan fingerprint density at radius 1 is 1.24 bits per heavy atom. The van der Waals surface area contributed by atoms with Crippen molar-refractivity contribution < 1.29 is 17.6 Å². The summed E-state index contributed by atoms with van der Waals surface area (Å²) in [4.78, 5) is 11.5. The van der Waals surface area contributed by atoms with Gasteiger partial charge in [0, 0.05) is 10.9 Å². The first kappa shape index (κ1) is 19.2. The van der Waals surface area contributed by atoms with Crippen LogP contribution in [0.4, 0.5) is 0 Å². The Morgan fingerprint density at radius 2 is 1.92 bits per heavy atom. The van der Waals surface area contributed by atoms with Crippen molar-refractivity contribution in [1.82, 2.24) is 10.1 Å². The molecule has 25 heavy (non-hydrogen) atoms. The molecule has 2 rings (SSSR count). The predicted octanol–water partition coefficient (Wildman–Crippen LogP) is 2.52. The summed E-state index contributed by atoms with van der Waals surface area (Å²) in [5.41, 5.74) is 2.37. The summed E-state index contributed by atoms with van der Waals surface area (Å²) in [6.45, 7) is 3.49. The van der Waals surface area contributed by atoms with Crippen LogP contribution in [-0.4, -0.2) is 20.5 Å². The quantitative estimate of drug-likeness (QED) is 0.566. The lowest BCUT2D eigenvalue weighted by molar-refractivity contribution is -0.123. The summed E-state index contributed by atoms with van der Waals surface area (Å²) >= 11 is 5.75. The van der Waals surface area contributed by atoms with Crippen LogP contribution in [0.2, 0.25) is 5.02 Å². The van der Waals surface area contributed by atoms with Gasteiger partial charge in [-0.2, -0.15) is 5.10 Å².